The van der Waals surface area contributed by atoms with Crippen LogP contribution in [0, 0.1) is 0 Å². The summed E-state index contributed by atoms with van der Waals surface area (Å²) in [5, 5.41) is 13.0. The molecule has 0 spiro atoms. The first-order valence-electron chi connectivity index (χ1n) is 14.5. The molecule has 2 nitrogen and oxygen atoms in total. The van der Waals surface area contributed by atoms with Crippen molar-refractivity contribution in [1.82, 2.24) is 0 Å². The Morgan fingerprint density at radius 2 is 1.02 bits per heavy atom. The van der Waals surface area contributed by atoms with E-state index in [1.54, 1.807) is 0 Å². The van der Waals surface area contributed by atoms with Crippen LogP contribution in [0.15, 0.2) is 142 Å². The summed E-state index contributed by atoms with van der Waals surface area (Å²) in [5.41, 5.74) is 8.52. The highest BCUT2D eigenvalue weighted by molar-refractivity contribution is 7.17. The summed E-state index contributed by atoms with van der Waals surface area (Å²) < 4.78 is 14.0. The lowest BCUT2D eigenvalue weighted by molar-refractivity contribution is 0.663. The minimum atomic E-state index is 0.849. The zero-order valence-electron chi connectivity index (χ0n) is 22.9. The van der Waals surface area contributed by atoms with Gasteiger partial charge in [0, 0.05) is 31.8 Å². The molecule has 0 unspecified atom stereocenters. The monoisotopic (exact) mass is 566 g/mol. The van der Waals surface area contributed by atoms with Gasteiger partial charge in [0.25, 0.3) is 0 Å². The quantitative estimate of drug-likeness (QED) is 0.195. The molecule has 7 aromatic carbocycles. The number of fused-ring (bicyclic) bond motifs is 10. The van der Waals surface area contributed by atoms with Gasteiger partial charge in [-0.25, -0.2) is 0 Å². The van der Waals surface area contributed by atoms with E-state index in [9.17, 15) is 0 Å². The Labute approximate surface area is 250 Å². The van der Waals surface area contributed by atoms with Crippen molar-refractivity contribution in [3.05, 3.63) is 133 Å². The van der Waals surface area contributed by atoms with E-state index in [1.165, 1.54) is 53.9 Å². The van der Waals surface area contributed by atoms with Crippen molar-refractivity contribution in [2.45, 2.75) is 0 Å². The summed E-state index contributed by atoms with van der Waals surface area (Å²) >= 11 is 1.81. The molecule has 0 radical (unpaired) electrons. The van der Waals surface area contributed by atoms with Gasteiger partial charge in [0.2, 0.25) is 0 Å². The van der Waals surface area contributed by atoms with E-state index in [1.807, 2.05) is 23.5 Å². The van der Waals surface area contributed by atoms with E-state index in [4.69, 9.17) is 8.83 Å². The fraction of sp³-hybridized carbons (Fsp3) is 0. The topological polar surface area (TPSA) is 26.3 Å². The van der Waals surface area contributed by atoms with Crippen LogP contribution in [-0.2, 0) is 0 Å². The van der Waals surface area contributed by atoms with Gasteiger partial charge in [-0.3, -0.25) is 0 Å². The van der Waals surface area contributed by atoms with Crippen molar-refractivity contribution in [3.8, 4) is 22.3 Å². The molecule has 0 amide bonds. The van der Waals surface area contributed by atoms with Gasteiger partial charge in [-0.05, 0) is 80.0 Å². The van der Waals surface area contributed by atoms with Crippen molar-refractivity contribution >= 4 is 86.8 Å². The minimum absolute atomic E-state index is 0.849. The highest BCUT2D eigenvalue weighted by Crippen LogP contribution is 2.47. The number of furan rings is 2. The van der Waals surface area contributed by atoms with Gasteiger partial charge < -0.3 is 8.83 Å². The zero-order chi connectivity index (χ0) is 28.1. The normalized spacial score (nSPS) is 12.2. The fourth-order valence-electron chi connectivity index (χ4n) is 7.10. The molecule has 0 saturated heterocycles. The highest BCUT2D eigenvalue weighted by Gasteiger charge is 2.20. The van der Waals surface area contributed by atoms with Gasteiger partial charge in [-0.1, -0.05) is 91.0 Å². The maximum absolute atomic E-state index is 6.55. The molecule has 0 aliphatic carbocycles. The van der Waals surface area contributed by atoms with E-state index >= 15 is 0 Å². The largest absolute Gasteiger partial charge is 0.456 e. The Balaban J connectivity index is 1.30. The van der Waals surface area contributed by atoms with Gasteiger partial charge in [0.15, 0.2) is 0 Å². The molecular formula is C40H22O2S. The molecule has 10 rings (SSSR count). The van der Waals surface area contributed by atoms with Crippen LogP contribution in [-0.4, -0.2) is 0 Å². The third-order valence-electron chi connectivity index (χ3n) is 8.95. The van der Waals surface area contributed by atoms with Gasteiger partial charge in [-0.2, -0.15) is 0 Å². The number of para-hydroxylation sites is 1. The van der Waals surface area contributed by atoms with Crippen LogP contribution >= 0.6 is 11.3 Å². The van der Waals surface area contributed by atoms with Crippen LogP contribution in [0.3, 0.4) is 0 Å². The van der Waals surface area contributed by atoms with Gasteiger partial charge in [0.05, 0.1) is 5.39 Å². The van der Waals surface area contributed by atoms with E-state index in [0.29, 0.717) is 0 Å². The van der Waals surface area contributed by atoms with Crippen molar-refractivity contribution in [3.63, 3.8) is 0 Å². The Bertz CT molecular complexity index is 2680. The number of benzene rings is 7. The lowest BCUT2D eigenvalue weighted by Crippen LogP contribution is -1.90. The first-order valence-corrected chi connectivity index (χ1v) is 15.4. The van der Waals surface area contributed by atoms with Crippen LogP contribution in [0.4, 0.5) is 0 Å². The summed E-state index contributed by atoms with van der Waals surface area (Å²) in [6.07, 6.45) is 0. The molecule has 0 bridgehead atoms. The fourth-order valence-corrected chi connectivity index (χ4v) is 8.05. The van der Waals surface area contributed by atoms with Gasteiger partial charge >= 0.3 is 0 Å². The molecule has 0 fully saturated rings. The average molecular weight is 567 g/mol. The van der Waals surface area contributed by atoms with Gasteiger partial charge in [-0.15, -0.1) is 11.3 Å². The van der Waals surface area contributed by atoms with Crippen LogP contribution in [0.5, 0.6) is 0 Å². The Morgan fingerprint density at radius 1 is 0.419 bits per heavy atom. The maximum Gasteiger partial charge on any atom is 0.147 e. The molecule has 0 aliphatic heterocycles. The first kappa shape index (κ1) is 23.2. The summed E-state index contributed by atoms with van der Waals surface area (Å²) in [6, 6.07) is 45.5. The van der Waals surface area contributed by atoms with Crippen LogP contribution in [0.25, 0.3) is 97.8 Å². The second-order valence-corrected chi connectivity index (χ2v) is 12.1. The molecule has 0 aliphatic rings. The first-order chi connectivity index (χ1) is 21.3. The second-order valence-electron chi connectivity index (χ2n) is 11.2. The van der Waals surface area contributed by atoms with E-state index in [2.05, 4.69) is 121 Å². The summed E-state index contributed by atoms with van der Waals surface area (Å²) in [6.45, 7) is 0. The molecular weight excluding hydrogens is 545 g/mol. The zero-order valence-corrected chi connectivity index (χ0v) is 23.7. The predicted molar refractivity (Wildman–Crippen MR) is 182 cm³/mol. The molecule has 0 N–H and O–H groups in total. The summed E-state index contributed by atoms with van der Waals surface area (Å²) in [7, 11) is 0. The number of hydrogen-bond donors (Lipinski definition) is 0. The van der Waals surface area contributed by atoms with E-state index in [0.717, 1.165) is 43.9 Å². The standard InChI is InChI=1S/C40H22O2S/c1-3-12-27-25(10-1)37(26-11-2-4-13-28(26)38(27)32-22-43-36-16-8-6-9-24(32)36)23-17-19-34-31(21-23)29-18-20-35-39(40(29)42-34)30-14-5-7-15-33(30)41-35/h1-22H. The molecule has 200 valence electrons. The van der Waals surface area contributed by atoms with Crippen molar-refractivity contribution in [1.29, 1.82) is 0 Å². The third-order valence-corrected chi connectivity index (χ3v) is 9.91. The third kappa shape index (κ3) is 3.17. The Morgan fingerprint density at radius 3 is 1.79 bits per heavy atom. The maximum atomic E-state index is 6.55. The van der Waals surface area contributed by atoms with E-state index in [-0.39, 0.29) is 0 Å². The van der Waals surface area contributed by atoms with Gasteiger partial charge in [0.1, 0.15) is 22.3 Å². The lowest BCUT2D eigenvalue weighted by atomic mass is 9.85. The average Bonchev–Trinajstić information content (AvgIpc) is 3.76. The number of rotatable bonds is 2. The molecule has 0 saturated carbocycles. The molecule has 3 aromatic heterocycles. The molecule has 43 heavy (non-hydrogen) atoms. The Kier molecular flexibility index (Phi) is 4.63. The SMILES string of the molecule is c1ccc2c(c1)oc1ccc3c4cc(-c5c6ccccc6c(-c6csc7ccccc67)c6ccccc56)ccc4oc3c12. The minimum Gasteiger partial charge on any atom is -0.456 e. The summed E-state index contributed by atoms with van der Waals surface area (Å²) in [4.78, 5) is 0. The predicted octanol–water partition coefficient (Wildman–Crippen LogP) is 12.3. The number of thiophene rings is 1. The van der Waals surface area contributed by atoms with E-state index < -0.39 is 0 Å². The Hall–Kier alpha value is -5.38. The van der Waals surface area contributed by atoms with Crippen LogP contribution in [0.2, 0.25) is 0 Å². The van der Waals surface area contributed by atoms with Crippen LogP contribution < -0.4 is 0 Å². The van der Waals surface area contributed by atoms with Crippen molar-refractivity contribution in [2.24, 2.45) is 0 Å². The lowest BCUT2D eigenvalue weighted by Gasteiger charge is -2.17. The highest BCUT2D eigenvalue weighted by atomic mass is 32.1. The summed E-state index contributed by atoms with van der Waals surface area (Å²) in [5.74, 6) is 0. The molecule has 10 aromatic rings. The number of hydrogen-bond acceptors (Lipinski definition) is 3. The molecule has 3 heteroatoms. The van der Waals surface area contributed by atoms with Crippen molar-refractivity contribution in [2.75, 3.05) is 0 Å². The van der Waals surface area contributed by atoms with Crippen LogP contribution in [0.1, 0.15) is 0 Å². The smallest absolute Gasteiger partial charge is 0.147 e. The molecule has 3 heterocycles. The molecule has 0 atom stereocenters. The second kappa shape index (κ2) is 8.57. The van der Waals surface area contributed by atoms with Crippen molar-refractivity contribution < 1.29 is 8.83 Å².